The van der Waals surface area contributed by atoms with Gasteiger partial charge < -0.3 is 19.9 Å². The summed E-state index contributed by atoms with van der Waals surface area (Å²) in [6, 6.07) is 7.25. The number of carbonyl (C=O) groups excluding carboxylic acids is 1. The van der Waals surface area contributed by atoms with Crippen LogP contribution in [0.4, 0.5) is 0 Å². The molecule has 0 fully saturated rings. The van der Waals surface area contributed by atoms with Crippen molar-refractivity contribution in [1.29, 1.82) is 0 Å². The summed E-state index contributed by atoms with van der Waals surface area (Å²) >= 11 is 3.32. The van der Waals surface area contributed by atoms with E-state index in [1.54, 1.807) is 12.1 Å². The quantitative estimate of drug-likeness (QED) is 0.879. The number of halogens is 1. The van der Waals surface area contributed by atoms with Crippen molar-refractivity contribution in [2.75, 3.05) is 19.8 Å². The van der Waals surface area contributed by atoms with Crippen molar-refractivity contribution in [1.82, 2.24) is 5.32 Å². The van der Waals surface area contributed by atoms with Gasteiger partial charge in [0.2, 0.25) is 5.76 Å². The first-order valence-electron chi connectivity index (χ1n) is 5.83. The van der Waals surface area contributed by atoms with Crippen LogP contribution in [0.5, 0.6) is 0 Å². The van der Waals surface area contributed by atoms with Crippen molar-refractivity contribution >= 4 is 21.8 Å². The molecule has 0 radical (unpaired) electrons. The lowest BCUT2D eigenvalue weighted by Crippen LogP contribution is -2.31. The number of amides is 1. The van der Waals surface area contributed by atoms with Crippen LogP contribution in [0, 0.1) is 0 Å². The van der Waals surface area contributed by atoms with Gasteiger partial charge in [-0.3, -0.25) is 4.79 Å². The predicted molar refractivity (Wildman–Crippen MR) is 72.1 cm³/mol. The van der Waals surface area contributed by atoms with E-state index in [0.717, 1.165) is 10.0 Å². The fourth-order valence-electron chi connectivity index (χ4n) is 1.57. The van der Waals surface area contributed by atoms with E-state index in [2.05, 4.69) is 21.2 Å². The van der Waals surface area contributed by atoms with E-state index in [1.807, 2.05) is 12.1 Å². The molecule has 0 saturated carbocycles. The van der Waals surface area contributed by atoms with Crippen molar-refractivity contribution in [2.45, 2.75) is 6.10 Å². The molecule has 0 spiro atoms. The highest BCUT2D eigenvalue weighted by Gasteiger charge is 2.16. The van der Waals surface area contributed by atoms with Gasteiger partial charge in [-0.2, -0.15) is 0 Å². The summed E-state index contributed by atoms with van der Waals surface area (Å²) in [5.74, 6) is -0.259. The molecule has 1 aromatic carbocycles. The minimum atomic E-state index is -0.762. The third kappa shape index (κ3) is 3.97. The minimum Gasteiger partial charge on any atom is -0.494 e. The maximum Gasteiger partial charge on any atom is 0.289 e. The Hall–Kier alpha value is -1.53. The van der Waals surface area contributed by atoms with E-state index in [9.17, 15) is 9.90 Å². The predicted octanol–water partition coefficient (Wildman–Crippen LogP) is 1.49. The van der Waals surface area contributed by atoms with Crippen LogP contribution in [0.1, 0.15) is 11.7 Å². The van der Waals surface area contributed by atoms with Crippen LogP contribution in [-0.4, -0.2) is 30.8 Å². The smallest absolute Gasteiger partial charge is 0.289 e. The number of nitrogens with one attached hydrogen (secondary N) is 1. The van der Waals surface area contributed by atoms with Crippen molar-refractivity contribution in [3.63, 3.8) is 0 Å². The second kappa shape index (κ2) is 6.58. The molecule has 2 N–H and O–H groups in total. The van der Waals surface area contributed by atoms with Gasteiger partial charge in [0.1, 0.15) is 19.5 Å². The average molecular weight is 328 g/mol. The van der Waals surface area contributed by atoms with Gasteiger partial charge >= 0.3 is 0 Å². The molecule has 0 saturated heterocycles. The van der Waals surface area contributed by atoms with Gasteiger partial charge in [0, 0.05) is 11.0 Å². The third-order valence-electron chi connectivity index (χ3n) is 2.58. The molecule has 5 nitrogen and oxygen atoms in total. The van der Waals surface area contributed by atoms with E-state index >= 15 is 0 Å². The van der Waals surface area contributed by atoms with Gasteiger partial charge in [0.15, 0.2) is 0 Å². The van der Waals surface area contributed by atoms with Crippen LogP contribution in [0.2, 0.25) is 0 Å². The van der Waals surface area contributed by atoms with E-state index in [4.69, 9.17) is 9.47 Å². The zero-order valence-corrected chi connectivity index (χ0v) is 11.7. The Kier molecular flexibility index (Phi) is 4.81. The molecule has 1 atom stereocenters. The van der Waals surface area contributed by atoms with Crippen LogP contribution >= 0.6 is 15.9 Å². The number of aliphatic hydroxyl groups excluding tert-OH is 1. The number of rotatable bonds is 4. The largest absolute Gasteiger partial charge is 0.494 e. The highest BCUT2D eigenvalue weighted by atomic mass is 79.9. The van der Waals surface area contributed by atoms with Crippen molar-refractivity contribution in [3.05, 3.63) is 46.3 Å². The molecule has 1 heterocycles. The molecule has 0 aromatic heterocycles. The Morgan fingerprint density at radius 2 is 2.11 bits per heavy atom. The second-order valence-corrected chi connectivity index (χ2v) is 4.89. The SMILES string of the molecule is O=C(NC[C@@H](O)c1ccc(Br)cc1)C1=COCCO1. The summed E-state index contributed by atoms with van der Waals surface area (Å²) < 4.78 is 11.1. The lowest BCUT2D eigenvalue weighted by atomic mass is 10.1. The Balaban J connectivity index is 1.86. The maximum atomic E-state index is 11.7. The van der Waals surface area contributed by atoms with E-state index < -0.39 is 12.0 Å². The Morgan fingerprint density at radius 1 is 1.37 bits per heavy atom. The molecule has 6 heteroatoms. The summed E-state index contributed by atoms with van der Waals surface area (Å²) in [6.07, 6.45) is 0.521. The Bertz CT molecular complexity index is 472. The van der Waals surface area contributed by atoms with Crippen molar-refractivity contribution in [3.8, 4) is 0 Å². The van der Waals surface area contributed by atoms with Crippen LogP contribution in [0.15, 0.2) is 40.8 Å². The molecule has 102 valence electrons. The average Bonchev–Trinajstić information content (AvgIpc) is 2.46. The van der Waals surface area contributed by atoms with Crippen LogP contribution in [-0.2, 0) is 14.3 Å². The van der Waals surface area contributed by atoms with Gasteiger partial charge in [0.05, 0.1) is 6.10 Å². The normalized spacial score (nSPS) is 15.8. The standard InChI is InChI=1S/C13H14BrNO4/c14-10-3-1-9(2-4-10)11(16)7-15-13(17)12-8-18-5-6-19-12/h1-4,8,11,16H,5-7H2,(H,15,17)/t11-/m1/s1. The Labute approximate surface area is 119 Å². The summed E-state index contributed by atoms with van der Waals surface area (Å²) in [5, 5.41) is 12.5. The summed E-state index contributed by atoms with van der Waals surface area (Å²) in [4.78, 5) is 11.7. The number of ether oxygens (including phenoxy) is 2. The number of hydrogen-bond acceptors (Lipinski definition) is 4. The first-order valence-corrected chi connectivity index (χ1v) is 6.62. The van der Waals surface area contributed by atoms with Gasteiger partial charge in [-0.1, -0.05) is 28.1 Å². The molecule has 1 aromatic rings. The maximum absolute atomic E-state index is 11.7. The molecule has 1 aliphatic heterocycles. The fraction of sp³-hybridized carbons (Fsp3) is 0.308. The summed E-state index contributed by atoms with van der Waals surface area (Å²) in [6.45, 7) is 0.911. The van der Waals surface area contributed by atoms with Gasteiger partial charge in [-0.25, -0.2) is 0 Å². The molecular weight excluding hydrogens is 314 g/mol. The fourth-order valence-corrected chi connectivity index (χ4v) is 1.83. The lowest BCUT2D eigenvalue weighted by Gasteiger charge is -2.16. The topological polar surface area (TPSA) is 67.8 Å². The zero-order chi connectivity index (χ0) is 13.7. The molecule has 19 heavy (non-hydrogen) atoms. The van der Waals surface area contributed by atoms with E-state index in [-0.39, 0.29) is 12.3 Å². The van der Waals surface area contributed by atoms with Crippen molar-refractivity contribution < 1.29 is 19.4 Å². The van der Waals surface area contributed by atoms with E-state index in [1.165, 1.54) is 6.26 Å². The molecule has 0 unspecified atom stereocenters. The molecular formula is C13H14BrNO4. The molecule has 2 rings (SSSR count). The second-order valence-electron chi connectivity index (χ2n) is 3.98. The highest BCUT2D eigenvalue weighted by molar-refractivity contribution is 9.10. The molecule has 0 aliphatic carbocycles. The number of carbonyl (C=O) groups is 1. The zero-order valence-electron chi connectivity index (χ0n) is 10.1. The first-order chi connectivity index (χ1) is 9.16. The van der Waals surface area contributed by atoms with Gasteiger partial charge in [0.25, 0.3) is 5.91 Å². The Morgan fingerprint density at radius 3 is 2.74 bits per heavy atom. The number of aliphatic hydroxyl groups is 1. The lowest BCUT2D eigenvalue weighted by molar-refractivity contribution is -0.122. The van der Waals surface area contributed by atoms with Crippen molar-refractivity contribution in [2.24, 2.45) is 0 Å². The monoisotopic (exact) mass is 327 g/mol. The summed E-state index contributed by atoms with van der Waals surface area (Å²) in [5.41, 5.74) is 0.735. The summed E-state index contributed by atoms with van der Waals surface area (Å²) in [7, 11) is 0. The minimum absolute atomic E-state index is 0.112. The first kappa shape index (κ1) is 13.9. The molecule has 1 amide bonds. The van der Waals surface area contributed by atoms with Gasteiger partial charge in [-0.05, 0) is 17.7 Å². The van der Waals surface area contributed by atoms with E-state index in [0.29, 0.717) is 13.2 Å². The van der Waals surface area contributed by atoms with Crippen LogP contribution in [0.25, 0.3) is 0 Å². The van der Waals surface area contributed by atoms with Crippen LogP contribution < -0.4 is 5.32 Å². The number of hydrogen-bond donors (Lipinski definition) is 2. The number of benzene rings is 1. The van der Waals surface area contributed by atoms with Gasteiger partial charge in [-0.15, -0.1) is 0 Å². The van der Waals surface area contributed by atoms with Crippen LogP contribution in [0.3, 0.4) is 0 Å². The highest BCUT2D eigenvalue weighted by Crippen LogP contribution is 2.16. The third-order valence-corrected chi connectivity index (χ3v) is 3.11. The molecule has 1 aliphatic rings. The molecule has 0 bridgehead atoms.